The Morgan fingerprint density at radius 2 is 1.90 bits per heavy atom. The topological polar surface area (TPSA) is 101 Å². The standard InChI is InChI=1S/C23H30N4O3/c1-30-18-10-8-16(9-11-18)20-21(22(24)29)26-23(25-20)17-7-4-12-27(14-17)19(28)13-15-5-2-3-6-15/h8-11,15,17H,2-7,12-14H2,1H3,(H2,24,29)(H,25,26)/t17-/m0/s1. The Balaban J connectivity index is 1.52. The van der Waals surface area contributed by atoms with Crippen molar-refractivity contribution in [2.24, 2.45) is 11.7 Å². The van der Waals surface area contributed by atoms with Crippen molar-refractivity contribution in [2.45, 2.75) is 50.9 Å². The summed E-state index contributed by atoms with van der Waals surface area (Å²) >= 11 is 0. The van der Waals surface area contributed by atoms with Gasteiger partial charge in [0.2, 0.25) is 5.91 Å². The fourth-order valence-electron chi connectivity index (χ4n) is 4.74. The monoisotopic (exact) mass is 410 g/mol. The molecule has 7 nitrogen and oxygen atoms in total. The van der Waals surface area contributed by atoms with Gasteiger partial charge in [-0.05, 0) is 55.9 Å². The molecule has 2 heterocycles. The average Bonchev–Trinajstić information content (AvgIpc) is 3.44. The van der Waals surface area contributed by atoms with Gasteiger partial charge in [-0.1, -0.05) is 12.8 Å². The molecule has 1 aromatic carbocycles. The van der Waals surface area contributed by atoms with Gasteiger partial charge in [-0.15, -0.1) is 0 Å². The molecular formula is C23H30N4O3. The van der Waals surface area contributed by atoms with E-state index >= 15 is 0 Å². The molecule has 30 heavy (non-hydrogen) atoms. The number of piperidine rings is 1. The number of H-pyrrole nitrogens is 1. The minimum Gasteiger partial charge on any atom is -0.497 e. The van der Waals surface area contributed by atoms with Crippen molar-refractivity contribution in [1.29, 1.82) is 0 Å². The lowest BCUT2D eigenvalue weighted by molar-refractivity contribution is -0.133. The number of aromatic amines is 1. The van der Waals surface area contributed by atoms with Gasteiger partial charge >= 0.3 is 0 Å². The van der Waals surface area contributed by atoms with Crippen LogP contribution in [0.2, 0.25) is 0 Å². The van der Waals surface area contributed by atoms with Crippen LogP contribution in [0.15, 0.2) is 24.3 Å². The smallest absolute Gasteiger partial charge is 0.267 e. The molecule has 1 aliphatic carbocycles. The van der Waals surface area contributed by atoms with E-state index in [1.807, 2.05) is 29.2 Å². The van der Waals surface area contributed by atoms with Crippen molar-refractivity contribution in [3.63, 3.8) is 0 Å². The van der Waals surface area contributed by atoms with Crippen molar-refractivity contribution >= 4 is 11.8 Å². The molecule has 0 unspecified atom stereocenters. The number of hydrogen-bond donors (Lipinski definition) is 2. The van der Waals surface area contributed by atoms with Crippen LogP contribution in [0.4, 0.5) is 0 Å². The molecule has 2 amide bonds. The molecule has 3 N–H and O–H groups in total. The normalized spacial score (nSPS) is 19.8. The number of nitrogens with zero attached hydrogens (tertiary/aromatic N) is 2. The van der Waals surface area contributed by atoms with Gasteiger partial charge < -0.3 is 20.4 Å². The molecule has 7 heteroatoms. The first-order chi connectivity index (χ1) is 14.5. The van der Waals surface area contributed by atoms with E-state index < -0.39 is 5.91 Å². The molecule has 4 rings (SSSR count). The van der Waals surface area contributed by atoms with E-state index in [1.54, 1.807) is 7.11 Å². The summed E-state index contributed by atoms with van der Waals surface area (Å²) in [7, 11) is 1.61. The number of nitrogens with one attached hydrogen (secondary N) is 1. The zero-order valence-corrected chi connectivity index (χ0v) is 17.5. The van der Waals surface area contributed by atoms with Crippen LogP contribution >= 0.6 is 0 Å². The van der Waals surface area contributed by atoms with Crippen molar-refractivity contribution in [1.82, 2.24) is 14.9 Å². The first-order valence-electron chi connectivity index (χ1n) is 10.9. The average molecular weight is 411 g/mol. The lowest BCUT2D eigenvalue weighted by Gasteiger charge is -2.32. The van der Waals surface area contributed by atoms with Gasteiger partial charge in [-0.25, -0.2) is 4.98 Å². The van der Waals surface area contributed by atoms with Gasteiger partial charge in [0.15, 0.2) is 0 Å². The Hall–Kier alpha value is -2.83. The Kier molecular flexibility index (Phi) is 6.06. The minimum absolute atomic E-state index is 0.0800. The van der Waals surface area contributed by atoms with Crippen LogP contribution < -0.4 is 10.5 Å². The molecule has 1 saturated carbocycles. The predicted molar refractivity (Wildman–Crippen MR) is 114 cm³/mol. The third-order valence-electron chi connectivity index (χ3n) is 6.43. The molecule has 0 bridgehead atoms. The second kappa shape index (κ2) is 8.90. The molecule has 2 fully saturated rings. The summed E-state index contributed by atoms with van der Waals surface area (Å²) in [5.74, 6) is 1.81. The maximum Gasteiger partial charge on any atom is 0.267 e. The fraction of sp³-hybridized carbons (Fsp3) is 0.522. The number of methoxy groups -OCH3 is 1. The number of likely N-dealkylation sites (tertiary alicyclic amines) is 1. The van der Waals surface area contributed by atoms with Gasteiger partial charge in [0.05, 0.1) is 7.11 Å². The van der Waals surface area contributed by atoms with Crippen LogP contribution in [0, 0.1) is 5.92 Å². The fourth-order valence-corrected chi connectivity index (χ4v) is 4.74. The molecule has 160 valence electrons. The van der Waals surface area contributed by atoms with Crippen molar-refractivity contribution in [3.8, 4) is 17.0 Å². The molecule has 0 radical (unpaired) electrons. The predicted octanol–water partition coefficient (Wildman–Crippen LogP) is 3.47. The summed E-state index contributed by atoms with van der Waals surface area (Å²) in [5, 5.41) is 0. The Labute approximate surface area is 177 Å². The number of carbonyl (C=O) groups excluding carboxylic acids is 2. The maximum absolute atomic E-state index is 12.8. The van der Waals surface area contributed by atoms with Crippen molar-refractivity contribution < 1.29 is 14.3 Å². The number of rotatable bonds is 6. The highest BCUT2D eigenvalue weighted by Crippen LogP contribution is 2.32. The summed E-state index contributed by atoms with van der Waals surface area (Å²) in [6.45, 7) is 1.44. The number of benzene rings is 1. The van der Waals surface area contributed by atoms with E-state index in [1.165, 1.54) is 25.7 Å². The number of carbonyl (C=O) groups is 2. The molecule has 1 aromatic heterocycles. The quantitative estimate of drug-likeness (QED) is 0.761. The van der Waals surface area contributed by atoms with Gasteiger partial charge in [0, 0.05) is 31.0 Å². The van der Waals surface area contributed by atoms with E-state index in [2.05, 4.69) is 4.98 Å². The van der Waals surface area contributed by atoms with Crippen LogP contribution in [0.1, 0.15) is 67.2 Å². The SMILES string of the molecule is COc1ccc(-c2nc([C@H]3CCCN(C(=O)CC4CCCC4)C3)[nH]c2C(N)=O)cc1. The molecular weight excluding hydrogens is 380 g/mol. The highest BCUT2D eigenvalue weighted by atomic mass is 16.5. The van der Waals surface area contributed by atoms with Crippen molar-refractivity contribution in [2.75, 3.05) is 20.2 Å². The van der Waals surface area contributed by atoms with Gasteiger partial charge in [-0.3, -0.25) is 9.59 Å². The summed E-state index contributed by atoms with van der Waals surface area (Å²) in [5.41, 5.74) is 7.28. The highest BCUT2D eigenvalue weighted by molar-refractivity contribution is 5.97. The Morgan fingerprint density at radius 1 is 1.17 bits per heavy atom. The zero-order chi connectivity index (χ0) is 21.1. The number of ether oxygens (including phenoxy) is 1. The Morgan fingerprint density at radius 3 is 2.57 bits per heavy atom. The largest absolute Gasteiger partial charge is 0.497 e. The third kappa shape index (κ3) is 4.35. The minimum atomic E-state index is -0.537. The van der Waals surface area contributed by atoms with Crippen LogP contribution in [0.25, 0.3) is 11.3 Å². The lowest BCUT2D eigenvalue weighted by Crippen LogP contribution is -2.40. The number of nitrogens with two attached hydrogens (primary N) is 1. The third-order valence-corrected chi connectivity index (χ3v) is 6.43. The molecule has 1 saturated heterocycles. The molecule has 1 atom stereocenters. The highest BCUT2D eigenvalue weighted by Gasteiger charge is 2.30. The van der Waals surface area contributed by atoms with Crippen LogP contribution in [0.5, 0.6) is 5.75 Å². The number of imidazole rings is 1. The first-order valence-corrected chi connectivity index (χ1v) is 10.9. The van der Waals surface area contributed by atoms with E-state index in [-0.39, 0.29) is 11.8 Å². The van der Waals surface area contributed by atoms with Gasteiger partial charge in [0.1, 0.15) is 23.0 Å². The summed E-state index contributed by atoms with van der Waals surface area (Å²) in [6, 6.07) is 7.39. The van der Waals surface area contributed by atoms with Crippen molar-refractivity contribution in [3.05, 3.63) is 35.8 Å². The molecule has 2 aromatic rings. The van der Waals surface area contributed by atoms with Crippen LogP contribution in [0.3, 0.4) is 0 Å². The van der Waals surface area contributed by atoms with Gasteiger partial charge in [0.25, 0.3) is 5.91 Å². The molecule has 2 aliphatic rings. The number of amides is 2. The second-order valence-electron chi connectivity index (χ2n) is 8.47. The summed E-state index contributed by atoms with van der Waals surface area (Å²) in [4.78, 5) is 34.7. The summed E-state index contributed by atoms with van der Waals surface area (Å²) in [6.07, 6.45) is 7.37. The van der Waals surface area contributed by atoms with E-state index in [9.17, 15) is 9.59 Å². The van der Waals surface area contributed by atoms with Crippen LogP contribution in [-0.2, 0) is 4.79 Å². The van der Waals surface area contributed by atoms with Gasteiger partial charge in [-0.2, -0.15) is 0 Å². The number of primary amides is 1. The lowest BCUT2D eigenvalue weighted by atomic mass is 9.96. The van der Waals surface area contributed by atoms with E-state index in [0.717, 1.165) is 36.5 Å². The number of aromatic nitrogens is 2. The van der Waals surface area contributed by atoms with E-state index in [4.69, 9.17) is 15.5 Å². The molecule has 1 aliphatic heterocycles. The number of hydrogen-bond acceptors (Lipinski definition) is 4. The Bertz CT molecular complexity index is 900. The second-order valence-corrected chi connectivity index (χ2v) is 8.47. The first kappa shape index (κ1) is 20.4. The zero-order valence-electron chi connectivity index (χ0n) is 17.5. The maximum atomic E-state index is 12.8. The van der Waals surface area contributed by atoms with E-state index in [0.29, 0.717) is 30.3 Å². The van der Waals surface area contributed by atoms with Crippen LogP contribution in [-0.4, -0.2) is 46.9 Å². The molecule has 0 spiro atoms. The summed E-state index contributed by atoms with van der Waals surface area (Å²) < 4.78 is 5.21.